The first-order valence-corrected chi connectivity index (χ1v) is 8.26. The van der Waals surface area contributed by atoms with Gasteiger partial charge in [-0.2, -0.15) is 0 Å². The Kier molecular flexibility index (Phi) is 3.09. The third-order valence-corrected chi connectivity index (χ3v) is 4.96. The van der Waals surface area contributed by atoms with E-state index in [-0.39, 0.29) is 5.78 Å². The van der Waals surface area contributed by atoms with Crippen LogP contribution in [0.5, 0.6) is 0 Å². The fourth-order valence-corrected chi connectivity index (χ4v) is 3.77. The summed E-state index contributed by atoms with van der Waals surface area (Å²) in [5.74, 6) is 0.102. The third-order valence-electron chi connectivity index (χ3n) is 4.10. The van der Waals surface area contributed by atoms with Gasteiger partial charge in [0.1, 0.15) is 0 Å². The summed E-state index contributed by atoms with van der Waals surface area (Å²) < 4.78 is 2.30. The fraction of sp³-hybridized carbons (Fsp3) is 0.105. The maximum Gasteiger partial charge on any atom is 0.202 e. The van der Waals surface area contributed by atoms with Gasteiger partial charge in [-0.25, -0.2) is 0 Å². The lowest BCUT2D eigenvalue weighted by molar-refractivity contribution is 0.104. The van der Waals surface area contributed by atoms with Crippen molar-refractivity contribution in [2.75, 3.05) is 0 Å². The lowest BCUT2D eigenvalue weighted by Crippen LogP contribution is -1.98. The third kappa shape index (κ3) is 1.90. The summed E-state index contributed by atoms with van der Waals surface area (Å²) in [5, 5.41) is 4.30. The van der Waals surface area contributed by atoms with Gasteiger partial charge in [-0.3, -0.25) is 4.79 Å². The van der Waals surface area contributed by atoms with Crippen molar-refractivity contribution >= 4 is 38.9 Å². The smallest absolute Gasteiger partial charge is 0.202 e. The standard InChI is InChI=1S/C19H15NOS/c1-2-20-16-7-4-3-6-14(16)15-12-13(9-10-17(15)20)19(21)18-8-5-11-22-18/h3-12H,2H2,1H3. The van der Waals surface area contributed by atoms with Gasteiger partial charge in [-0.05, 0) is 42.6 Å². The average molecular weight is 305 g/mol. The molecule has 2 nitrogen and oxygen atoms in total. The number of aromatic nitrogens is 1. The van der Waals surface area contributed by atoms with E-state index in [1.54, 1.807) is 0 Å². The second-order valence-electron chi connectivity index (χ2n) is 5.30. The average Bonchev–Trinajstić information content (AvgIpc) is 3.20. The van der Waals surface area contributed by atoms with Crippen molar-refractivity contribution in [3.8, 4) is 0 Å². The van der Waals surface area contributed by atoms with Gasteiger partial charge in [0, 0.05) is 33.9 Å². The molecule has 108 valence electrons. The van der Waals surface area contributed by atoms with Crippen molar-refractivity contribution in [1.82, 2.24) is 4.57 Å². The highest BCUT2D eigenvalue weighted by Crippen LogP contribution is 2.30. The van der Waals surface area contributed by atoms with Crippen molar-refractivity contribution in [1.29, 1.82) is 0 Å². The number of hydrogen-bond acceptors (Lipinski definition) is 2. The highest BCUT2D eigenvalue weighted by atomic mass is 32.1. The molecule has 0 radical (unpaired) electrons. The number of para-hydroxylation sites is 1. The van der Waals surface area contributed by atoms with Crippen LogP contribution in [-0.4, -0.2) is 10.4 Å². The topological polar surface area (TPSA) is 22.0 Å². The van der Waals surface area contributed by atoms with Crippen LogP contribution in [-0.2, 0) is 6.54 Å². The van der Waals surface area contributed by atoms with Gasteiger partial charge < -0.3 is 4.57 Å². The van der Waals surface area contributed by atoms with Gasteiger partial charge in [0.05, 0.1) is 4.88 Å². The molecule has 0 aliphatic rings. The molecule has 0 aliphatic heterocycles. The number of hydrogen-bond donors (Lipinski definition) is 0. The predicted molar refractivity (Wildman–Crippen MR) is 92.9 cm³/mol. The van der Waals surface area contributed by atoms with Crippen molar-refractivity contribution in [2.24, 2.45) is 0 Å². The van der Waals surface area contributed by atoms with Gasteiger partial charge in [0.25, 0.3) is 0 Å². The second-order valence-corrected chi connectivity index (χ2v) is 6.25. The van der Waals surface area contributed by atoms with Crippen molar-refractivity contribution < 1.29 is 4.79 Å². The minimum absolute atomic E-state index is 0.102. The van der Waals surface area contributed by atoms with E-state index in [1.807, 2.05) is 29.6 Å². The molecule has 0 saturated heterocycles. The van der Waals surface area contributed by atoms with E-state index in [0.717, 1.165) is 22.4 Å². The molecule has 0 N–H and O–H groups in total. The van der Waals surface area contributed by atoms with Crippen LogP contribution in [0.4, 0.5) is 0 Å². The van der Waals surface area contributed by atoms with Crippen LogP contribution in [0, 0.1) is 0 Å². The summed E-state index contributed by atoms with van der Waals surface area (Å²) in [4.78, 5) is 13.4. The van der Waals surface area contributed by atoms with E-state index in [0.29, 0.717) is 0 Å². The molecule has 0 fully saturated rings. The molecule has 0 aliphatic carbocycles. The molecule has 0 saturated carbocycles. The zero-order chi connectivity index (χ0) is 15.1. The molecule has 0 amide bonds. The molecular formula is C19H15NOS. The zero-order valence-electron chi connectivity index (χ0n) is 12.2. The van der Waals surface area contributed by atoms with Gasteiger partial charge in [-0.1, -0.05) is 24.3 Å². The molecule has 0 bridgehead atoms. The number of aryl methyl sites for hydroxylation is 1. The van der Waals surface area contributed by atoms with Crippen LogP contribution >= 0.6 is 11.3 Å². The molecule has 4 aromatic rings. The largest absolute Gasteiger partial charge is 0.341 e. The normalized spacial score (nSPS) is 11.3. The first-order valence-electron chi connectivity index (χ1n) is 7.39. The number of fused-ring (bicyclic) bond motifs is 3. The SMILES string of the molecule is CCn1c2ccccc2c2cc(C(=O)c3cccs3)ccc21. The summed E-state index contributed by atoms with van der Waals surface area (Å²) in [6.07, 6.45) is 0. The Balaban J connectivity index is 1.98. The maximum atomic E-state index is 12.6. The van der Waals surface area contributed by atoms with Gasteiger partial charge in [0.2, 0.25) is 5.78 Å². The fourth-order valence-electron chi connectivity index (χ4n) is 3.09. The Morgan fingerprint density at radius 1 is 1.00 bits per heavy atom. The Morgan fingerprint density at radius 2 is 1.82 bits per heavy atom. The molecule has 22 heavy (non-hydrogen) atoms. The number of rotatable bonds is 3. The summed E-state index contributed by atoms with van der Waals surface area (Å²) in [6.45, 7) is 3.07. The predicted octanol–water partition coefficient (Wildman–Crippen LogP) is 5.11. The van der Waals surface area contributed by atoms with Crippen LogP contribution < -0.4 is 0 Å². The van der Waals surface area contributed by atoms with E-state index < -0.39 is 0 Å². The highest BCUT2D eigenvalue weighted by molar-refractivity contribution is 7.12. The monoisotopic (exact) mass is 305 g/mol. The Morgan fingerprint density at radius 3 is 2.59 bits per heavy atom. The van der Waals surface area contributed by atoms with Gasteiger partial charge >= 0.3 is 0 Å². The maximum absolute atomic E-state index is 12.6. The van der Waals surface area contributed by atoms with Crippen LogP contribution in [0.25, 0.3) is 21.8 Å². The quantitative estimate of drug-likeness (QED) is 0.482. The molecule has 0 spiro atoms. The Labute approximate surface area is 132 Å². The van der Waals surface area contributed by atoms with E-state index >= 15 is 0 Å². The van der Waals surface area contributed by atoms with Crippen molar-refractivity contribution in [3.63, 3.8) is 0 Å². The minimum Gasteiger partial charge on any atom is -0.341 e. The molecule has 2 heterocycles. The Bertz CT molecular complexity index is 979. The molecule has 0 unspecified atom stereocenters. The second kappa shape index (κ2) is 5.11. The summed E-state index contributed by atoms with van der Waals surface area (Å²) in [7, 11) is 0. The van der Waals surface area contributed by atoms with Gasteiger partial charge in [0.15, 0.2) is 0 Å². The van der Waals surface area contributed by atoms with E-state index in [2.05, 4.69) is 41.8 Å². The first kappa shape index (κ1) is 13.3. The molecular weight excluding hydrogens is 290 g/mol. The first-order chi connectivity index (χ1) is 10.8. The number of ketones is 1. The van der Waals surface area contributed by atoms with E-state index in [4.69, 9.17) is 0 Å². The Hall–Kier alpha value is -2.39. The molecule has 3 heteroatoms. The lowest BCUT2D eigenvalue weighted by Gasteiger charge is -2.03. The number of carbonyl (C=O) groups is 1. The molecule has 4 rings (SSSR count). The summed E-state index contributed by atoms with van der Waals surface area (Å²) in [5.41, 5.74) is 3.17. The van der Waals surface area contributed by atoms with Crippen molar-refractivity contribution in [2.45, 2.75) is 13.5 Å². The zero-order valence-corrected chi connectivity index (χ0v) is 13.1. The molecule has 2 aromatic heterocycles. The molecule has 0 atom stereocenters. The van der Waals surface area contributed by atoms with Crippen LogP contribution in [0.15, 0.2) is 60.0 Å². The number of nitrogens with zero attached hydrogens (tertiary/aromatic N) is 1. The van der Waals surface area contributed by atoms with E-state index in [1.165, 1.54) is 27.8 Å². The van der Waals surface area contributed by atoms with E-state index in [9.17, 15) is 4.79 Å². The number of benzene rings is 2. The van der Waals surface area contributed by atoms with Gasteiger partial charge in [-0.15, -0.1) is 11.3 Å². The lowest BCUT2D eigenvalue weighted by atomic mass is 10.1. The number of carbonyl (C=O) groups excluding carboxylic acids is 1. The van der Waals surface area contributed by atoms with Crippen LogP contribution in [0.2, 0.25) is 0 Å². The van der Waals surface area contributed by atoms with Crippen LogP contribution in [0.3, 0.4) is 0 Å². The highest BCUT2D eigenvalue weighted by Gasteiger charge is 2.14. The summed E-state index contributed by atoms with van der Waals surface area (Å²) >= 11 is 1.49. The summed E-state index contributed by atoms with van der Waals surface area (Å²) in [6, 6.07) is 18.2. The molecule has 2 aromatic carbocycles. The minimum atomic E-state index is 0.102. The van der Waals surface area contributed by atoms with Crippen LogP contribution in [0.1, 0.15) is 22.2 Å². The van der Waals surface area contributed by atoms with Crippen molar-refractivity contribution in [3.05, 3.63) is 70.4 Å². The number of thiophene rings is 1.